The predicted octanol–water partition coefficient (Wildman–Crippen LogP) is -0.189. The van der Waals surface area contributed by atoms with E-state index in [1.54, 1.807) is 37.6 Å². The molecule has 1 aromatic heterocycles. The number of nitrogens with zero attached hydrogens (tertiary/aromatic N) is 1. The number of rotatable bonds is 6. The fraction of sp³-hybridized carbons (Fsp3) is 0.333. The van der Waals surface area contributed by atoms with Crippen molar-refractivity contribution in [2.75, 3.05) is 19.0 Å². The normalized spacial score (nSPS) is 10.0. The van der Waals surface area contributed by atoms with Crippen molar-refractivity contribution in [3.05, 3.63) is 48.3 Å². The largest absolute Gasteiger partial charge is 1.00 e. The van der Waals surface area contributed by atoms with Crippen molar-refractivity contribution in [2.24, 2.45) is 13.0 Å². The van der Waals surface area contributed by atoms with Crippen molar-refractivity contribution in [3.8, 4) is 11.5 Å². The second-order valence-corrected chi connectivity index (χ2v) is 5.78. The van der Waals surface area contributed by atoms with Crippen molar-refractivity contribution in [3.63, 3.8) is 0 Å². The smallest absolute Gasteiger partial charge is 0.261 e. The average Bonchev–Trinajstić information content (AvgIpc) is 2.53. The Morgan fingerprint density at radius 1 is 1.25 bits per heavy atom. The Labute approximate surface area is 160 Å². The van der Waals surface area contributed by atoms with Gasteiger partial charge in [-0.25, -0.2) is 4.57 Å². The fourth-order valence-electron chi connectivity index (χ4n) is 2.05. The number of pyridine rings is 1. The van der Waals surface area contributed by atoms with E-state index in [2.05, 4.69) is 19.2 Å². The number of hydrogen-bond acceptors (Lipinski definition) is 3. The molecule has 0 saturated carbocycles. The minimum Gasteiger partial charge on any atom is -1.00 e. The third-order valence-corrected chi connectivity index (χ3v) is 3.20. The number of aryl methyl sites for hydroxylation is 1. The zero-order valence-corrected chi connectivity index (χ0v) is 16.5. The summed E-state index contributed by atoms with van der Waals surface area (Å²) < 4.78 is 12.9. The lowest BCUT2D eigenvalue weighted by Crippen LogP contribution is -3.00. The quantitative estimate of drug-likeness (QED) is 0.499. The Hall–Kier alpha value is -1.83. The molecule has 1 amide bonds. The standard InChI is InChI=1S/C18H22N2O3.HI/c1-13(2)12-23-17-10-15(7-8-16(17)22-4)19-18(21)14-6-5-9-20(3)11-14;/h5-11,13H,12H2,1-4H3;1H. The number of methoxy groups -OCH3 is 1. The highest BCUT2D eigenvalue weighted by Gasteiger charge is 2.12. The third-order valence-electron chi connectivity index (χ3n) is 3.20. The molecule has 0 radical (unpaired) electrons. The van der Waals surface area contributed by atoms with E-state index >= 15 is 0 Å². The molecule has 0 fully saturated rings. The van der Waals surface area contributed by atoms with Crippen LogP contribution in [0.3, 0.4) is 0 Å². The Morgan fingerprint density at radius 3 is 2.62 bits per heavy atom. The fourth-order valence-corrected chi connectivity index (χ4v) is 2.05. The van der Waals surface area contributed by atoms with Gasteiger partial charge in [0.1, 0.15) is 12.6 Å². The summed E-state index contributed by atoms with van der Waals surface area (Å²) in [5, 5.41) is 2.88. The van der Waals surface area contributed by atoms with Crippen molar-refractivity contribution in [1.82, 2.24) is 0 Å². The van der Waals surface area contributed by atoms with Gasteiger partial charge in [0.25, 0.3) is 5.91 Å². The van der Waals surface area contributed by atoms with E-state index in [4.69, 9.17) is 9.47 Å². The van der Waals surface area contributed by atoms with Gasteiger partial charge in [0.2, 0.25) is 0 Å². The van der Waals surface area contributed by atoms with Gasteiger partial charge in [0.05, 0.1) is 13.7 Å². The van der Waals surface area contributed by atoms with Crippen LogP contribution in [0.1, 0.15) is 24.2 Å². The van der Waals surface area contributed by atoms with E-state index in [-0.39, 0.29) is 29.9 Å². The van der Waals surface area contributed by atoms with Gasteiger partial charge in [-0.3, -0.25) is 4.79 Å². The lowest BCUT2D eigenvalue weighted by molar-refractivity contribution is -0.671. The highest BCUT2D eigenvalue weighted by atomic mass is 127. The Kier molecular flexibility index (Phi) is 7.97. The van der Waals surface area contributed by atoms with Gasteiger partial charge in [0.15, 0.2) is 23.9 Å². The van der Waals surface area contributed by atoms with Crippen LogP contribution in [0.15, 0.2) is 42.7 Å². The van der Waals surface area contributed by atoms with Crippen LogP contribution in [-0.4, -0.2) is 19.6 Å². The highest BCUT2D eigenvalue weighted by molar-refractivity contribution is 6.04. The first kappa shape index (κ1) is 20.2. The molecule has 24 heavy (non-hydrogen) atoms. The van der Waals surface area contributed by atoms with Gasteiger partial charge >= 0.3 is 0 Å². The van der Waals surface area contributed by atoms with Crippen LogP contribution in [0.2, 0.25) is 0 Å². The molecule has 130 valence electrons. The van der Waals surface area contributed by atoms with E-state index in [1.807, 2.05) is 23.9 Å². The van der Waals surface area contributed by atoms with Gasteiger partial charge in [-0.1, -0.05) is 13.8 Å². The molecule has 5 nitrogen and oxygen atoms in total. The molecular formula is C18H23IN2O3. The molecule has 0 saturated heterocycles. The predicted molar refractivity (Wildman–Crippen MR) is 88.9 cm³/mol. The molecule has 0 aliphatic heterocycles. The molecule has 6 heteroatoms. The number of carbonyl (C=O) groups is 1. The van der Waals surface area contributed by atoms with Crippen LogP contribution in [0, 0.1) is 5.92 Å². The lowest BCUT2D eigenvalue weighted by Gasteiger charge is -2.14. The Morgan fingerprint density at radius 2 is 2.00 bits per heavy atom. The molecule has 0 bridgehead atoms. The summed E-state index contributed by atoms with van der Waals surface area (Å²) in [7, 11) is 3.47. The first-order valence-electron chi connectivity index (χ1n) is 7.57. The minimum atomic E-state index is -0.166. The van der Waals surface area contributed by atoms with Gasteiger partial charge in [-0.15, -0.1) is 0 Å². The number of anilines is 1. The van der Waals surface area contributed by atoms with Crippen molar-refractivity contribution < 1.29 is 42.8 Å². The van der Waals surface area contributed by atoms with Gasteiger partial charge in [-0.05, 0) is 24.1 Å². The molecule has 2 rings (SSSR count). The summed E-state index contributed by atoms with van der Waals surface area (Å²) in [6.07, 6.45) is 3.65. The summed E-state index contributed by atoms with van der Waals surface area (Å²) >= 11 is 0. The summed E-state index contributed by atoms with van der Waals surface area (Å²) in [5.74, 6) is 1.51. The third kappa shape index (κ3) is 5.67. The molecule has 0 aliphatic carbocycles. The van der Waals surface area contributed by atoms with Crippen LogP contribution in [0.25, 0.3) is 0 Å². The zero-order valence-electron chi connectivity index (χ0n) is 14.4. The van der Waals surface area contributed by atoms with Gasteiger partial charge < -0.3 is 38.8 Å². The maximum atomic E-state index is 12.3. The molecule has 1 aromatic carbocycles. The van der Waals surface area contributed by atoms with Crippen LogP contribution in [0.4, 0.5) is 5.69 Å². The van der Waals surface area contributed by atoms with Crippen LogP contribution in [-0.2, 0) is 7.05 Å². The molecule has 1 heterocycles. The van der Waals surface area contributed by atoms with Crippen molar-refractivity contribution in [2.45, 2.75) is 13.8 Å². The monoisotopic (exact) mass is 442 g/mol. The first-order valence-corrected chi connectivity index (χ1v) is 7.57. The number of aromatic nitrogens is 1. The second kappa shape index (κ2) is 9.46. The molecule has 2 aromatic rings. The molecule has 1 N–H and O–H groups in total. The maximum Gasteiger partial charge on any atom is 0.261 e. The van der Waals surface area contributed by atoms with Crippen molar-refractivity contribution >= 4 is 11.6 Å². The van der Waals surface area contributed by atoms with E-state index in [0.717, 1.165) is 0 Å². The summed E-state index contributed by atoms with van der Waals surface area (Å²) in [5.41, 5.74) is 1.26. The second-order valence-electron chi connectivity index (χ2n) is 5.78. The van der Waals surface area contributed by atoms with Gasteiger partial charge in [0, 0.05) is 17.8 Å². The number of hydrogen-bond donors (Lipinski definition) is 1. The highest BCUT2D eigenvalue weighted by Crippen LogP contribution is 2.30. The molecule has 0 aliphatic rings. The van der Waals surface area contributed by atoms with Gasteiger partial charge in [-0.2, -0.15) is 0 Å². The van der Waals surface area contributed by atoms with E-state index in [9.17, 15) is 4.79 Å². The van der Waals surface area contributed by atoms with Crippen molar-refractivity contribution in [1.29, 1.82) is 0 Å². The SMILES string of the molecule is COc1ccc(NC(=O)c2ccc[n+](C)c2)cc1OCC(C)C.[I-]. The maximum absolute atomic E-state index is 12.3. The lowest BCUT2D eigenvalue weighted by atomic mass is 10.2. The van der Waals surface area contributed by atoms with E-state index in [0.29, 0.717) is 35.3 Å². The number of nitrogens with one attached hydrogen (secondary N) is 1. The molecule has 0 spiro atoms. The number of ether oxygens (including phenoxy) is 2. The Balaban J connectivity index is 0.00000288. The van der Waals surface area contributed by atoms with E-state index in [1.165, 1.54) is 0 Å². The summed E-state index contributed by atoms with van der Waals surface area (Å²) in [4.78, 5) is 12.3. The summed E-state index contributed by atoms with van der Waals surface area (Å²) in [6.45, 7) is 4.74. The average molecular weight is 442 g/mol. The number of halogens is 1. The summed E-state index contributed by atoms with van der Waals surface area (Å²) in [6, 6.07) is 8.97. The van der Waals surface area contributed by atoms with Crippen LogP contribution >= 0.6 is 0 Å². The zero-order chi connectivity index (χ0) is 16.8. The van der Waals surface area contributed by atoms with Crippen LogP contribution in [0.5, 0.6) is 11.5 Å². The first-order chi connectivity index (χ1) is 11.0. The molecule has 0 unspecified atom stereocenters. The number of amides is 1. The minimum absolute atomic E-state index is 0. The number of carbonyl (C=O) groups excluding carboxylic acids is 1. The van der Waals surface area contributed by atoms with E-state index < -0.39 is 0 Å². The molecule has 0 atom stereocenters. The van der Waals surface area contributed by atoms with Crippen LogP contribution < -0.4 is 43.3 Å². The molecular weight excluding hydrogens is 419 g/mol. The number of benzene rings is 1. The topological polar surface area (TPSA) is 51.4 Å². The Bertz CT molecular complexity index is 690.